The minimum Gasteiger partial charge on any atom is -0.412 e. The number of anilines is 1. The number of amides is 1. The van der Waals surface area contributed by atoms with Gasteiger partial charge in [-0.15, -0.1) is 0 Å². The summed E-state index contributed by atoms with van der Waals surface area (Å²) in [6.07, 6.45) is 7.21. The lowest BCUT2D eigenvalue weighted by Crippen LogP contribution is -2.46. The number of rotatable bonds is 6. The molecule has 1 aromatic heterocycles. The molecule has 2 heterocycles. The number of aromatic nitrogens is 1. The molecule has 0 saturated carbocycles. The van der Waals surface area contributed by atoms with E-state index < -0.39 is 8.32 Å². The summed E-state index contributed by atoms with van der Waals surface area (Å²) >= 11 is 3.49. The van der Waals surface area contributed by atoms with Crippen LogP contribution in [0.3, 0.4) is 0 Å². The molecule has 0 bridgehead atoms. The molecule has 0 aromatic carbocycles. The average molecular weight is 469 g/mol. The Morgan fingerprint density at radius 2 is 2.14 bits per heavy atom. The minimum absolute atomic E-state index is 0.0297. The van der Waals surface area contributed by atoms with Crippen LogP contribution < -0.4 is 4.90 Å². The molecule has 0 spiro atoms. The molecule has 2 atom stereocenters. The smallest absolute Gasteiger partial charge is 0.225 e. The van der Waals surface area contributed by atoms with Gasteiger partial charge in [0.15, 0.2) is 8.32 Å². The zero-order valence-electron chi connectivity index (χ0n) is 18.2. The Kier molecular flexibility index (Phi) is 7.64. The number of nitrogens with zero attached hydrogens (tertiary/aromatic N) is 3. The second-order valence-corrected chi connectivity index (χ2v) is 14.7. The molecule has 1 aliphatic heterocycles. The van der Waals surface area contributed by atoms with E-state index in [1.54, 1.807) is 18.0 Å². The number of carbonyl (C=O) groups excluding carboxylic acids is 1. The highest BCUT2D eigenvalue weighted by atomic mass is 79.9. The molecule has 2 rings (SSSR count). The zero-order valence-corrected chi connectivity index (χ0v) is 20.8. The fourth-order valence-corrected chi connectivity index (χ4v) is 4.97. The van der Waals surface area contributed by atoms with Crippen molar-refractivity contribution in [2.24, 2.45) is 0 Å². The number of hydrogen-bond acceptors (Lipinski definition) is 4. The third kappa shape index (κ3) is 5.53. The van der Waals surface area contributed by atoms with Gasteiger partial charge >= 0.3 is 0 Å². The van der Waals surface area contributed by atoms with Crippen LogP contribution in [-0.4, -0.2) is 56.4 Å². The minimum atomic E-state index is -1.82. The van der Waals surface area contributed by atoms with Crippen molar-refractivity contribution in [1.29, 1.82) is 0 Å². The quantitative estimate of drug-likeness (QED) is 0.443. The first-order chi connectivity index (χ1) is 12.9. The zero-order chi connectivity index (χ0) is 21.1. The highest BCUT2D eigenvalue weighted by Gasteiger charge is 2.42. The van der Waals surface area contributed by atoms with E-state index in [1.165, 1.54) is 0 Å². The van der Waals surface area contributed by atoms with E-state index in [0.29, 0.717) is 12.4 Å². The van der Waals surface area contributed by atoms with Crippen molar-refractivity contribution in [3.63, 3.8) is 0 Å². The Hall–Kier alpha value is -1.02. The Balaban J connectivity index is 2.12. The van der Waals surface area contributed by atoms with Gasteiger partial charge in [0.2, 0.25) is 5.91 Å². The summed E-state index contributed by atoms with van der Waals surface area (Å²) in [5, 5.41) is 0.194. The molecule has 1 saturated heterocycles. The maximum Gasteiger partial charge on any atom is 0.225 e. The summed E-state index contributed by atoms with van der Waals surface area (Å²) in [4.78, 5) is 20.5. The molecular formula is C21H34BrN3O2Si. The Morgan fingerprint density at radius 1 is 1.46 bits per heavy atom. The van der Waals surface area contributed by atoms with E-state index in [0.717, 1.165) is 17.4 Å². The van der Waals surface area contributed by atoms with E-state index in [9.17, 15) is 4.79 Å². The van der Waals surface area contributed by atoms with Gasteiger partial charge in [-0.3, -0.25) is 14.6 Å². The second kappa shape index (κ2) is 9.20. The predicted molar refractivity (Wildman–Crippen MR) is 122 cm³/mol. The van der Waals surface area contributed by atoms with Crippen LogP contribution in [0.4, 0.5) is 5.82 Å². The normalized spacial score (nSPS) is 21.4. The third-order valence-electron chi connectivity index (χ3n) is 5.90. The first-order valence-corrected chi connectivity index (χ1v) is 13.6. The summed E-state index contributed by atoms with van der Waals surface area (Å²) in [6, 6.07) is 3.98. The van der Waals surface area contributed by atoms with Crippen molar-refractivity contribution in [3.05, 3.63) is 35.0 Å². The van der Waals surface area contributed by atoms with Gasteiger partial charge in [0, 0.05) is 26.2 Å². The maximum absolute atomic E-state index is 12.2. The van der Waals surface area contributed by atoms with Crippen LogP contribution in [0.1, 0.15) is 34.1 Å². The van der Waals surface area contributed by atoms with Crippen molar-refractivity contribution >= 4 is 36.0 Å². The molecule has 1 fully saturated rings. The molecule has 28 heavy (non-hydrogen) atoms. The number of likely N-dealkylation sites (tertiary alicyclic amines) is 1. The van der Waals surface area contributed by atoms with Crippen LogP contribution in [0.25, 0.3) is 0 Å². The Bertz CT molecular complexity index is 718. The molecule has 0 N–H and O–H groups in total. The van der Waals surface area contributed by atoms with Crippen LogP contribution >= 0.6 is 15.9 Å². The van der Waals surface area contributed by atoms with Gasteiger partial charge in [-0.1, -0.05) is 32.9 Å². The molecule has 0 radical (unpaired) electrons. The van der Waals surface area contributed by atoms with Gasteiger partial charge in [-0.2, -0.15) is 0 Å². The molecule has 5 nitrogen and oxygen atoms in total. The standard InChI is InChI=1S/C21H34BrN3O2Si/c1-16(26)25(20-17(22)10-8-13-23-20)14-9-11-18-19(12-15-24(18)5)27-28(6,7)21(2,3)4/h8-11,13,18-19H,12,14-15H2,1-7H3/b11-9+/t18-,19+/m1/s1. The molecule has 0 aliphatic carbocycles. The fourth-order valence-electron chi connectivity index (χ4n) is 3.14. The topological polar surface area (TPSA) is 45.7 Å². The molecule has 0 unspecified atom stereocenters. The van der Waals surface area contributed by atoms with Crippen molar-refractivity contribution in [1.82, 2.24) is 9.88 Å². The maximum atomic E-state index is 12.2. The molecule has 7 heteroatoms. The van der Waals surface area contributed by atoms with Gasteiger partial charge < -0.3 is 4.43 Å². The second-order valence-electron chi connectivity index (χ2n) is 9.04. The van der Waals surface area contributed by atoms with E-state index in [1.807, 2.05) is 12.1 Å². The van der Waals surface area contributed by atoms with Gasteiger partial charge in [-0.25, -0.2) is 4.98 Å². The highest BCUT2D eigenvalue weighted by molar-refractivity contribution is 9.10. The van der Waals surface area contributed by atoms with Gasteiger partial charge in [0.25, 0.3) is 0 Å². The van der Waals surface area contributed by atoms with Gasteiger partial charge in [0.1, 0.15) is 5.82 Å². The first-order valence-electron chi connectivity index (χ1n) is 9.87. The fraction of sp³-hybridized carbons (Fsp3) is 0.619. The van der Waals surface area contributed by atoms with Crippen LogP contribution in [-0.2, 0) is 9.22 Å². The van der Waals surface area contributed by atoms with Gasteiger partial charge in [0.05, 0.1) is 16.6 Å². The van der Waals surface area contributed by atoms with E-state index in [-0.39, 0.29) is 23.1 Å². The van der Waals surface area contributed by atoms with E-state index in [4.69, 9.17) is 4.43 Å². The molecule has 156 valence electrons. The van der Waals surface area contributed by atoms with Crippen molar-refractivity contribution in [2.75, 3.05) is 25.0 Å². The Morgan fingerprint density at radius 3 is 2.71 bits per heavy atom. The van der Waals surface area contributed by atoms with Crippen molar-refractivity contribution < 1.29 is 9.22 Å². The number of hydrogen-bond donors (Lipinski definition) is 0. The Labute approximate surface area is 179 Å². The highest BCUT2D eigenvalue weighted by Crippen LogP contribution is 2.39. The van der Waals surface area contributed by atoms with Crippen LogP contribution in [0, 0.1) is 0 Å². The first kappa shape index (κ1) is 23.3. The predicted octanol–water partition coefficient (Wildman–Crippen LogP) is 4.85. The van der Waals surface area contributed by atoms with E-state index in [2.05, 4.69) is 78.9 Å². The molecule has 1 aromatic rings. The summed E-state index contributed by atoms with van der Waals surface area (Å²) in [7, 11) is 0.319. The number of pyridine rings is 1. The molecule has 1 aliphatic rings. The van der Waals surface area contributed by atoms with Crippen LogP contribution in [0.5, 0.6) is 0 Å². The molecule has 1 amide bonds. The SMILES string of the molecule is CC(=O)N(C/C=C/[C@@H]1[C@@H](O[Si](C)(C)C(C)(C)C)CCN1C)c1ncccc1Br. The molecular weight excluding hydrogens is 434 g/mol. The van der Waals surface area contributed by atoms with E-state index >= 15 is 0 Å². The largest absolute Gasteiger partial charge is 0.412 e. The van der Waals surface area contributed by atoms with Crippen molar-refractivity contribution in [3.8, 4) is 0 Å². The lowest BCUT2D eigenvalue weighted by Gasteiger charge is -2.39. The number of likely N-dealkylation sites (N-methyl/N-ethyl adjacent to an activating group) is 1. The monoisotopic (exact) mass is 467 g/mol. The average Bonchev–Trinajstić information content (AvgIpc) is 2.91. The summed E-state index contributed by atoms with van der Waals surface area (Å²) in [5.74, 6) is 0.617. The lowest BCUT2D eigenvalue weighted by atomic mass is 10.1. The summed E-state index contributed by atoms with van der Waals surface area (Å²) in [5.41, 5.74) is 0. The van der Waals surface area contributed by atoms with Crippen LogP contribution in [0.15, 0.2) is 35.0 Å². The number of halogens is 1. The summed E-state index contributed by atoms with van der Waals surface area (Å²) in [6.45, 7) is 14.5. The van der Waals surface area contributed by atoms with Gasteiger partial charge in [-0.05, 0) is 59.7 Å². The summed E-state index contributed by atoms with van der Waals surface area (Å²) < 4.78 is 7.52. The number of carbonyl (C=O) groups is 1. The van der Waals surface area contributed by atoms with Crippen molar-refractivity contribution in [2.45, 2.75) is 64.4 Å². The third-order valence-corrected chi connectivity index (χ3v) is 11.0. The lowest BCUT2D eigenvalue weighted by molar-refractivity contribution is -0.116. The van der Waals surface area contributed by atoms with Crippen LogP contribution in [0.2, 0.25) is 18.1 Å².